The summed E-state index contributed by atoms with van der Waals surface area (Å²) in [6, 6.07) is 3.40. The third-order valence-electron chi connectivity index (χ3n) is 2.86. The van der Waals surface area contributed by atoms with Crippen molar-refractivity contribution in [1.29, 1.82) is 0 Å². The van der Waals surface area contributed by atoms with Gasteiger partial charge in [0.25, 0.3) is 5.91 Å². The summed E-state index contributed by atoms with van der Waals surface area (Å²) in [4.78, 5) is 13.6. The van der Waals surface area contributed by atoms with Crippen LogP contribution in [0.4, 0.5) is 4.39 Å². The van der Waals surface area contributed by atoms with Crippen LogP contribution >= 0.6 is 11.6 Å². The maximum absolute atomic E-state index is 13.6. The van der Waals surface area contributed by atoms with E-state index in [9.17, 15) is 14.3 Å². The Balaban J connectivity index is 2.26. The van der Waals surface area contributed by atoms with Gasteiger partial charge in [-0.05, 0) is 18.2 Å². The predicted octanol–water partition coefficient (Wildman–Crippen LogP) is 1.31. The highest BCUT2D eigenvalue weighted by molar-refractivity contribution is 6.31. The molecule has 2 rings (SSSR count). The molecule has 1 N–H and O–H groups in total. The van der Waals surface area contributed by atoms with Crippen LogP contribution in [0.3, 0.4) is 0 Å². The van der Waals surface area contributed by atoms with Crippen LogP contribution in [0.25, 0.3) is 0 Å². The summed E-state index contributed by atoms with van der Waals surface area (Å²) < 4.78 is 18.8. The normalized spacial score (nSPS) is 19.9. The minimum Gasteiger partial charge on any atom is -0.394 e. The van der Waals surface area contributed by atoms with Gasteiger partial charge in [-0.2, -0.15) is 0 Å². The minimum absolute atomic E-state index is 0.0807. The Morgan fingerprint density at radius 2 is 2.39 bits per heavy atom. The first-order valence-electron chi connectivity index (χ1n) is 5.58. The van der Waals surface area contributed by atoms with Gasteiger partial charge in [0.15, 0.2) is 0 Å². The second-order valence-electron chi connectivity index (χ2n) is 4.03. The standard InChI is InChI=1S/C12H13ClFNO3/c13-8-1-2-11(14)10(5-8)12(17)15-3-4-18-7-9(15)6-16/h1-2,5,9,16H,3-4,6-7H2. The van der Waals surface area contributed by atoms with Crippen LogP contribution in [0.2, 0.25) is 5.02 Å². The molecule has 0 bridgehead atoms. The van der Waals surface area contributed by atoms with Crippen LogP contribution in [0.1, 0.15) is 10.4 Å². The minimum atomic E-state index is -0.618. The number of nitrogens with zero attached hydrogens (tertiary/aromatic N) is 1. The Morgan fingerprint density at radius 1 is 1.61 bits per heavy atom. The van der Waals surface area contributed by atoms with E-state index in [1.807, 2.05) is 0 Å². The van der Waals surface area contributed by atoms with Gasteiger partial charge in [-0.1, -0.05) is 11.6 Å². The lowest BCUT2D eigenvalue weighted by Crippen LogP contribution is -2.50. The van der Waals surface area contributed by atoms with Crippen molar-refractivity contribution < 1.29 is 19.0 Å². The van der Waals surface area contributed by atoms with E-state index in [-0.39, 0.29) is 18.8 Å². The van der Waals surface area contributed by atoms with Crippen molar-refractivity contribution in [3.63, 3.8) is 0 Å². The van der Waals surface area contributed by atoms with Crippen molar-refractivity contribution in [3.8, 4) is 0 Å². The average Bonchev–Trinajstić information content (AvgIpc) is 2.40. The molecule has 0 radical (unpaired) electrons. The number of hydrogen-bond donors (Lipinski definition) is 1. The van der Waals surface area contributed by atoms with Crippen LogP contribution in [0, 0.1) is 5.82 Å². The topological polar surface area (TPSA) is 49.8 Å². The number of ether oxygens (including phenoxy) is 1. The zero-order chi connectivity index (χ0) is 13.1. The summed E-state index contributed by atoms with van der Waals surface area (Å²) in [6.07, 6.45) is 0. The van der Waals surface area contributed by atoms with Gasteiger partial charge in [-0.25, -0.2) is 4.39 Å². The molecule has 1 fully saturated rings. The number of carbonyl (C=O) groups excluding carboxylic acids is 1. The number of rotatable bonds is 2. The van der Waals surface area contributed by atoms with Gasteiger partial charge >= 0.3 is 0 Å². The molecule has 0 spiro atoms. The zero-order valence-electron chi connectivity index (χ0n) is 9.60. The summed E-state index contributed by atoms with van der Waals surface area (Å²) in [5, 5.41) is 9.49. The number of aliphatic hydroxyl groups excluding tert-OH is 1. The Hall–Kier alpha value is -1.17. The maximum atomic E-state index is 13.6. The molecule has 1 aliphatic rings. The number of carbonyl (C=O) groups is 1. The molecule has 4 nitrogen and oxygen atoms in total. The van der Waals surface area contributed by atoms with Crippen LogP contribution in [-0.4, -0.2) is 48.3 Å². The van der Waals surface area contributed by atoms with Crippen LogP contribution in [-0.2, 0) is 4.74 Å². The van der Waals surface area contributed by atoms with Crippen molar-refractivity contribution in [2.75, 3.05) is 26.4 Å². The molecule has 1 heterocycles. The number of morpholine rings is 1. The van der Waals surface area contributed by atoms with Crippen LogP contribution in [0.15, 0.2) is 18.2 Å². The summed E-state index contributed by atoms with van der Waals surface area (Å²) in [5.74, 6) is -1.09. The molecule has 1 amide bonds. The van der Waals surface area contributed by atoms with Crippen molar-refractivity contribution in [2.24, 2.45) is 0 Å². The van der Waals surface area contributed by atoms with Crippen molar-refractivity contribution in [1.82, 2.24) is 4.90 Å². The van der Waals surface area contributed by atoms with E-state index in [0.29, 0.717) is 18.2 Å². The Labute approximate surface area is 109 Å². The molecule has 1 aliphatic heterocycles. The van der Waals surface area contributed by atoms with E-state index in [1.165, 1.54) is 17.0 Å². The number of amides is 1. The van der Waals surface area contributed by atoms with E-state index >= 15 is 0 Å². The highest BCUT2D eigenvalue weighted by Gasteiger charge is 2.29. The van der Waals surface area contributed by atoms with Gasteiger partial charge in [0, 0.05) is 11.6 Å². The highest BCUT2D eigenvalue weighted by Crippen LogP contribution is 2.19. The number of halogens is 2. The predicted molar refractivity (Wildman–Crippen MR) is 64.1 cm³/mol. The van der Waals surface area contributed by atoms with Gasteiger partial charge < -0.3 is 14.7 Å². The lowest BCUT2D eigenvalue weighted by Gasteiger charge is -2.34. The third kappa shape index (κ3) is 2.63. The highest BCUT2D eigenvalue weighted by atomic mass is 35.5. The largest absolute Gasteiger partial charge is 0.394 e. The maximum Gasteiger partial charge on any atom is 0.257 e. The molecule has 1 aromatic rings. The molecule has 1 aromatic carbocycles. The summed E-state index contributed by atoms with van der Waals surface area (Å²) >= 11 is 5.76. The molecule has 0 aromatic heterocycles. The van der Waals surface area contributed by atoms with Gasteiger partial charge in [0.2, 0.25) is 0 Å². The summed E-state index contributed by atoms with van der Waals surface area (Å²) in [7, 11) is 0. The first-order chi connectivity index (χ1) is 8.63. The van der Waals surface area contributed by atoms with E-state index in [4.69, 9.17) is 16.3 Å². The quantitative estimate of drug-likeness (QED) is 0.884. The SMILES string of the molecule is O=C(c1cc(Cl)ccc1F)N1CCOCC1CO. The van der Waals surface area contributed by atoms with Gasteiger partial charge in [-0.3, -0.25) is 4.79 Å². The fraction of sp³-hybridized carbons (Fsp3) is 0.417. The van der Waals surface area contributed by atoms with Crippen molar-refractivity contribution in [2.45, 2.75) is 6.04 Å². The van der Waals surface area contributed by atoms with Crippen LogP contribution in [0.5, 0.6) is 0 Å². The molecule has 0 saturated carbocycles. The number of hydrogen-bond acceptors (Lipinski definition) is 3. The fourth-order valence-electron chi connectivity index (χ4n) is 1.89. The smallest absolute Gasteiger partial charge is 0.257 e. The molecular formula is C12H13ClFNO3. The van der Waals surface area contributed by atoms with Gasteiger partial charge in [0.1, 0.15) is 5.82 Å². The molecule has 6 heteroatoms. The molecule has 0 aliphatic carbocycles. The van der Waals surface area contributed by atoms with Gasteiger partial charge in [0.05, 0.1) is 31.4 Å². The lowest BCUT2D eigenvalue weighted by atomic mass is 10.1. The fourth-order valence-corrected chi connectivity index (χ4v) is 2.06. The first kappa shape index (κ1) is 13.3. The van der Waals surface area contributed by atoms with E-state index in [0.717, 1.165) is 6.07 Å². The second kappa shape index (κ2) is 5.65. The van der Waals surface area contributed by atoms with E-state index < -0.39 is 17.8 Å². The number of benzene rings is 1. The summed E-state index contributed by atoms with van der Waals surface area (Å²) in [6.45, 7) is 0.749. The van der Waals surface area contributed by atoms with Crippen molar-refractivity contribution in [3.05, 3.63) is 34.6 Å². The Bertz CT molecular complexity index is 455. The number of aliphatic hydroxyl groups is 1. The molecule has 1 saturated heterocycles. The first-order valence-corrected chi connectivity index (χ1v) is 5.96. The molecular weight excluding hydrogens is 261 g/mol. The van der Waals surface area contributed by atoms with E-state index in [2.05, 4.69) is 0 Å². The Morgan fingerprint density at radius 3 is 3.11 bits per heavy atom. The van der Waals surface area contributed by atoms with Crippen LogP contribution < -0.4 is 0 Å². The van der Waals surface area contributed by atoms with Gasteiger partial charge in [-0.15, -0.1) is 0 Å². The molecule has 1 unspecified atom stereocenters. The molecule has 18 heavy (non-hydrogen) atoms. The second-order valence-corrected chi connectivity index (χ2v) is 4.47. The lowest BCUT2D eigenvalue weighted by molar-refractivity contribution is -0.0185. The monoisotopic (exact) mass is 273 g/mol. The van der Waals surface area contributed by atoms with Crippen molar-refractivity contribution >= 4 is 17.5 Å². The Kier molecular flexibility index (Phi) is 4.16. The van der Waals surface area contributed by atoms with E-state index in [1.54, 1.807) is 0 Å². The zero-order valence-corrected chi connectivity index (χ0v) is 10.4. The molecule has 98 valence electrons. The summed E-state index contributed by atoms with van der Waals surface area (Å²) in [5.41, 5.74) is -0.0807. The average molecular weight is 274 g/mol. The molecule has 1 atom stereocenters. The third-order valence-corrected chi connectivity index (χ3v) is 3.09.